The summed E-state index contributed by atoms with van der Waals surface area (Å²) in [5, 5.41) is 18.3. The van der Waals surface area contributed by atoms with Crippen LogP contribution in [0.1, 0.15) is 0 Å². The van der Waals surface area contributed by atoms with E-state index in [2.05, 4.69) is 0 Å². The van der Waals surface area contributed by atoms with Gasteiger partial charge < -0.3 is 9.47 Å². The first-order chi connectivity index (χ1) is 8.08. The number of nitrogens with zero attached hydrogens (tertiary/aromatic N) is 2. The molecule has 1 unspecified atom stereocenters. The maximum atomic E-state index is 10.7. The van der Waals surface area contributed by atoms with Crippen LogP contribution in [0.15, 0.2) is 18.2 Å². The van der Waals surface area contributed by atoms with Gasteiger partial charge in [0.25, 0.3) is 0 Å². The van der Waals surface area contributed by atoms with Crippen LogP contribution in [-0.4, -0.2) is 24.0 Å². The molecule has 0 fully saturated rings. The molecule has 0 aliphatic carbocycles. The van der Waals surface area contributed by atoms with E-state index in [4.69, 9.17) is 26.3 Å². The normalized spacial score (nSPS) is 11.4. The number of alkyl halides is 1. The predicted octanol–water partition coefficient (Wildman–Crippen LogP) is 2.11. The largest absolute Gasteiger partial charge is 0.497 e. The van der Waals surface area contributed by atoms with Crippen LogP contribution in [0.4, 0.5) is 5.69 Å². The minimum Gasteiger partial charge on any atom is -0.497 e. The van der Waals surface area contributed by atoms with Gasteiger partial charge in [-0.15, -0.1) is 11.6 Å². The van der Waals surface area contributed by atoms with E-state index in [9.17, 15) is 10.1 Å². The fraction of sp³-hybridized carbons (Fsp3) is 0.300. The monoisotopic (exact) mass is 256 g/mol. The molecule has 1 rings (SSSR count). The van der Waals surface area contributed by atoms with Crippen molar-refractivity contribution in [2.75, 3.05) is 13.7 Å². The molecule has 17 heavy (non-hydrogen) atoms. The lowest BCUT2D eigenvalue weighted by atomic mass is 10.3. The van der Waals surface area contributed by atoms with Crippen molar-refractivity contribution in [2.24, 2.45) is 0 Å². The highest BCUT2D eigenvalue weighted by Gasteiger charge is 2.17. The van der Waals surface area contributed by atoms with Crippen molar-refractivity contribution in [2.45, 2.75) is 5.38 Å². The van der Waals surface area contributed by atoms with E-state index in [1.165, 1.54) is 25.3 Å². The maximum Gasteiger partial charge on any atom is 0.311 e. The number of ether oxygens (including phenoxy) is 2. The molecule has 0 aliphatic heterocycles. The molecule has 90 valence electrons. The Balaban J connectivity index is 2.94. The van der Waals surface area contributed by atoms with Gasteiger partial charge in [-0.25, -0.2) is 0 Å². The molecule has 1 atom stereocenters. The van der Waals surface area contributed by atoms with Crippen LogP contribution in [0.25, 0.3) is 0 Å². The fourth-order valence-electron chi connectivity index (χ4n) is 1.09. The Labute approximate surface area is 102 Å². The molecule has 1 aromatic rings. The summed E-state index contributed by atoms with van der Waals surface area (Å²) in [6, 6.07) is 5.85. The fourth-order valence-corrected chi connectivity index (χ4v) is 1.15. The van der Waals surface area contributed by atoms with Crippen LogP contribution >= 0.6 is 11.6 Å². The molecule has 0 radical (unpaired) electrons. The lowest BCUT2D eigenvalue weighted by molar-refractivity contribution is -0.385. The van der Waals surface area contributed by atoms with Gasteiger partial charge in [-0.3, -0.25) is 10.1 Å². The summed E-state index contributed by atoms with van der Waals surface area (Å²) in [6.45, 7) is -0.133. The van der Waals surface area contributed by atoms with Crippen molar-refractivity contribution in [3.05, 3.63) is 28.3 Å². The summed E-state index contributed by atoms with van der Waals surface area (Å²) in [5.41, 5.74) is -0.201. The van der Waals surface area contributed by atoms with Crippen molar-refractivity contribution >= 4 is 17.3 Å². The van der Waals surface area contributed by atoms with Gasteiger partial charge >= 0.3 is 5.69 Å². The number of nitro benzene ring substituents is 1. The summed E-state index contributed by atoms with van der Waals surface area (Å²) < 4.78 is 10.0. The van der Waals surface area contributed by atoms with Gasteiger partial charge in [0.15, 0.2) is 5.38 Å². The van der Waals surface area contributed by atoms with Crippen molar-refractivity contribution in [1.29, 1.82) is 5.26 Å². The standard InChI is InChI=1S/C10H9ClN2O4/c1-16-8-2-3-9(13(14)15)10(4-8)17-6-7(11)5-12/h2-4,7H,6H2,1H3. The van der Waals surface area contributed by atoms with Gasteiger partial charge in [0.05, 0.1) is 18.1 Å². The third-order valence-corrected chi connectivity index (χ3v) is 2.11. The molecular weight excluding hydrogens is 248 g/mol. The van der Waals surface area contributed by atoms with Gasteiger partial charge in [-0.05, 0) is 6.07 Å². The minimum atomic E-state index is -0.860. The zero-order chi connectivity index (χ0) is 12.8. The van der Waals surface area contributed by atoms with Crippen LogP contribution in [-0.2, 0) is 0 Å². The zero-order valence-electron chi connectivity index (χ0n) is 8.92. The molecule has 0 N–H and O–H groups in total. The number of benzene rings is 1. The molecule has 0 amide bonds. The van der Waals surface area contributed by atoms with Crippen LogP contribution < -0.4 is 9.47 Å². The third kappa shape index (κ3) is 3.50. The Kier molecular flexibility index (Phi) is 4.55. The second-order valence-corrected chi connectivity index (χ2v) is 3.53. The highest BCUT2D eigenvalue weighted by Crippen LogP contribution is 2.31. The van der Waals surface area contributed by atoms with Crippen molar-refractivity contribution in [3.8, 4) is 17.6 Å². The molecule has 0 heterocycles. The molecule has 0 saturated heterocycles. The first-order valence-electron chi connectivity index (χ1n) is 4.57. The van der Waals surface area contributed by atoms with Crippen LogP contribution in [0.5, 0.6) is 11.5 Å². The summed E-state index contributed by atoms with van der Waals surface area (Å²) in [7, 11) is 1.44. The number of hydrogen-bond acceptors (Lipinski definition) is 5. The molecule has 6 nitrogen and oxygen atoms in total. The van der Waals surface area contributed by atoms with E-state index in [1.807, 2.05) is 0 Å². The van der Waals surface area contributed by atoms with Gasteiger partial charge in [0.2, 0.25) is 5.75 Å². The molecule has 0 bridgehead atoms. The summed E-state index contributed by atoms with van der Waals surface area (Å²) >= 11 is 5.53. The SMILES string of the molecule is COc1ccc([N+](=O)[O-])c(OCC(Cl)C#N)c1. The van der Waals surface area contributed by atoms with Crippen LogP contribution in [0.2, 0.25) is 0 Å². The number of halogens is 1. The van der Waals surface area contributed by atoms with E-state index < -0.39 is 10.3 Å². The summed E-state index contributed by atoms with van der Waals surface area (Å²) in [4.78, 5) is 10.1. The van der Waals surface area contributed by atoms with E-state index in [0.717, 1.165) is 0 Å². The van der Waals surface area contributed by atoms with E-state index in [-0.39, 0.29) is 18.0 Å². The highest BCUT2D eigenvalue weighted by molar-refractivity contribution is 6.22. The van der Waals surface area contributed by atoms with Gasteiger partial charge in [-0.2, -0.15) is 5.26 Å². The molecule has 0 saturated carbocycles. The maximum absolute atomic E-state index is 10.7. The van der Waals surface area contributed by atoms with Crippen LogP contribution in [0, 0.1) is 21.4 Å². The Morgan fingerprint density at radius 3 is 2.88 bits per heavy atom. The molecule has 0 aliphatic rings. The summed E-state index contributed by atoms with van der Waals surface area (Å²) in [5.74, 6) is 0.448. The van der Waals surface area contributed by atoms with E-state index in [0.29, 0.717) is 5.75 Å². The number of methoxy groups -OCH3 is 1. The average molecular weight is 257 g/mol. The topological polar surface area (TPSA) is 85.4 Å². The van der Waals surface area contributed by atoms with Crippen molar-refractivity contribution in [1.82, 2.24) is 0 Å². The third-order valence-electron chi connectivity index (χ3n) is 1.89. The molecule has 0 aromatic heterocycles. The lowest BCUT2D eigenvalue weighted by Crippen LogP contribution is -2.10. The predicted molar refractivity (Wildman–Crippen MR) is 60.4 cm³/mol. The highest BCUT2D eigenvalue weighted by atomic mass is 35.5. The number of nitriles is 1. The second-order valence-electron chi connectivity index (χ2n) is 3.00. The number of hydrogen-bond donors (Lipinski definition) is 0. The minimum absolute atomic E-state index is 0.0234. The number of nitro groups is 1. The van der Waals surface area contributed by atoms with E-state index in [1.54, 1.807) is 6.07 Å². The van der Waals surface area contributed by atoms with Crippen LogP contribution in [0.3, 0.4) is 0 Å². The Hall–Kier alpha value is -2.00. The Bertz CT molecular complexity index is 458. The molecule has 0 spiro atoms. The lowest BCUT2D eigenvalue weighted by Gasteiger charge is -2.08. The molecule has 7 heteroatoms. The molecular formula is C10H9ClN2O4. The van der Waals surface area contributed by atoms with Gasteiger partial charge in [0, 0.05) is 12.1 Å². The first-order valence-corrected chi connectivity index (χ1v) is 5.01. The zero-order valence-corrected chi connectivity index (χ0v) is 9.68. The second kappa shape index (κ2) is 5.92. The first kappa shape index (κ1) is 13.1. The number of rotatable bonds is 5. The van der Waals surface area contributed by atoms with Crippen molar-refractivity contribution < 1.29 is 14.4 Å². The Morgan fingerprint density at radius 2 is 2.35 bits per heavy atom. The summed E-state index contributed by atoms with van der Waals surface area (Å²) in [6.07, 6.45) is 0. The average Bonchev–Trinajstić information content (AvgIpc) is 2.35. The smallest absolute Gasteiger partial charge is 0.311 e. The quantitative estimate of drug-likeness (QED) is 0.457. The van der Waals surface area contributed by atoms with Gasteiger partial charge in [0.1, 0.15) is 12.4 Å². The Morgan fingerprint density at radius 1 is 1.65 bits per heavy atom. The molecule has 1 aromatic carbocycles. The van der Waals surface area contributed by atoms with Crippen molar-refractivity contribution in [3.63, 3.8) is 0 Å². The van der Waals surface area contributed by atoms with Gasteiger partial charge in [-0.1, -0.05) is 0 Å². The van der Waals surface area contributed by atoms with E-state index >= 15 is 0 Å².